The molecule has 1 amide bonds. The molecule has 8 heteroatoms. The molecule has 0 aromatic heterocycles. The first kappa shape index (κ1) is 21.4. The van der Waals surface area contributed by atoms with Crippen LogP contribution in [-0.4, -0.2) is 11.0 Å². The lowest BCUT2D eigenvalue weighted by atomic mass is 10.2. The molecule has 0 aliphatic heterocycles. The number of rotatable bonds is 5. The van der Waals surface area contributed by atoms with Crippen LogP contribution < -0.4 is 15.4 Å². The van der Waals surface area contributed by atoms with Crippen LogP contribution in [-0.2, 0) is 6.61 Å². The number of ether oxygens (including phenoxy) is 1. The Morgan fingerprint density at radius 1 is 0.931 bits per heavy atom. The third-order valence-electron chi connectivity index (χ3n) is 3.82. The van der Waals surface area contributed by atoms with Gasteiger partial charge in [-0.15, -0.1) is 0 Å². The van der Waals surface area contributed by atoms with E-state index >= 15 is 0 Å². The summed E-state index contributed by atoms with van der Waals surface area (Å²) in [6, 6.07) is 19.6. The highest BCUT2D eigenvalue weighted by molar-refractivity contribution is 7.80. The zero-order valence-corrected chi connectivity index (χ0v) is 18.0. The molecule has 0 saturated heterocycles. The van der Waals surface area contributed by atoms with Gasteiger partial charge in [-0.25, -0.2) is 0 Å². The van der Waals surface area contributed by atoms with Gasteiger partial charge in [0.2, 0.25) is 0 Å². The molecule has 3 aromatic carbocycles. The predicted octanol–water partition coefficient (Wildman–Crippen LogP) is 6.35. The molecule has 0 aliphatic carbocycles. The fourth-order valence-corrected chi connectivity index (χ4v) is 3.56. The third-order valence-corrected chi connectivity index (χ3v) is 4.84. The van der Waals surface area contributed by atoms with Gasteiger partial charge in [0, 0.05) is 10.6 Å². The molecule has 148 valence electrons. The van der Waals surface area contributed by atoms with E-state index in [0.29, 0.717) is 28.6 Å². The minimum Gasteiger partial charge on any atom is -0.489 e. The molecule has 3 aromatic rings. The van der Waals surface area contributed by atoms with Crippen molar-refractivity contribution in [2.45, 2.75) is 6.61 Å². The normalized spacial score (nSPS) is 10.3. The van der Waals surface area contributed by atoms with Crippen molar-refractivity contribution in [1.29, 1.82) is 0 Å². The topological polar surface area (TPSA) is 50.4 Å². The van der Waals surface area contributed by atoms with Gasteiger partial charge in [-0.3, -0.25) is 10.1 Å². The molecular formula is C21H15Cl3N2O2S. The molecule has 4 nitrogen and oxygen atoms in total. The van der Waals surface area contributed by atoms with Crippen LogP contribution in [0, 0.1) is 0 Å². The number of halogens is 3. The van der Waals surface area contributed by atoms with Gasteiger partial charge in [0.25, 0.3) is 5.91 Å². The van der Waals surface area contributed by atoms with Crippen LogP contribution >= 0.6 is 47.0 Å². The SMILES string of the molecule is O=C(NC(=S)Nc1c(Cl)cc(Cl)cc1Cl)c1cccc(OCc2ccccc2)c1. The summed E-state index contributed by atoms with van der Waals surface area (Å²) in [5.74, 6) is 0.179. The maximum Gasteiger partial charge on any atom is 0.257 e. The number of hydrogen-bond donors (Lipinski definition) is 2. The van der Waals surface area contributed by atoms with Crippen molar-refractivity contribution < 1.29 is 9.53 Å². The summed E-state index contributed by atoms with van der Waals surface area (Å²) < 4.78 is 5.75. The first-order chi connectivity index (χ1) is 13.9. The highest BCUT2D eigenvalue weighted by Gasteiger charge is 2.13. The largest absolute Gasteiger partial charge is 0.489 e. The fourth-order valence-electron chi connectivity index (χ4n) is 2.45. The van der Waals surface area contributed by atoms with E-state index < -0.39 is 5.91 Å². The van der Waals surface area contributed by atoms with E-state index in [1.165, 1.54) is 12.1 Å². The first-order valence-electron chi connectivity index (χ1n) is 8.46. The van der Waals surface area contributed by atoms with Gasteiger partial charge in [-0.1, -0.05) is 71.2 Å². The summed E-state index contributed by atoms with van der Waals surface area (Å²) in [5.41, 5.74) is 1.79. The van der Waals surface area contributed by atoms with Crippen LogP contribution in [0.2, 0.25) is 15.1 Å². The quantitative estimate of drug-likeness (QED) is 0.431. The summed E-state index contributed by atoms with van der Waals surface area (Å²) in [6.45, 7) is 0.402. The Balaban J connectivity index is 1.62. The second kappa shape index (κ2) is 9.94. The average molecular weight is 466 g/mol. The number of benzene rings is 3. The standard InChI is InChI=1S/C21H15Cl3N2O2S/c22-15-10-17(23)19(18(24)11-15)25-21(29)26-20(27)14-7-4-8-16(9-14)28-12-13-5-2-1-3-6-13/h1-11H,12H2,(H2,25,26,27,29). The van der Waals surface area contributed by atoms with Gasteiger partial charge in [0.15, 0.2) is 5.11 Å². The molecule has 3 rings (SSSR count). The van der Waals surface area contributed by atoms with Crippen LogP contribution in [0.5, 0.6) is 5.75 Å². The zero-order chi connectivity index (χ0) is 20.8. The molecule has 2 N–H and O–H groups in total. The Labute approximate surface area is 188 Å². The van der Waals surface area contributed by atoms with Crippen molar-refractivity contribution in [2.24, 2.45) is 0 Å². The average Bonchev–Trinajstić information content (AvgIpc) is 2.70. The van der Waals surface area contributed by atoms with Crippen molar-refractivity contribution in [3.8, 4) is 5.75 Å². The van der Waals surface area contributed by atoms with E-state index in [4.69, 9.17) is 51.8 Å². The van der Waals surface area contributed by atoms with E-state index in [1.54, 1.807) is 24.3 Å². The minimum atomic E-state index is -0.395. The highest BCUT2D eigenvalue weighted by Crippen LogP contribution is 2.33. The van der Waals surface area contributed by atoms with Gasteiger partial charge in [0.05, 0.1) is 15.7 Å². The Kier molecular flexibility index (Phi) is 7.34. The molecule has 0 atom stereocenters. The first-order valence-corrected chi connectivity index (χ1v) is 10.0. The number of nitrogens with one attached hydrogen (secondary N) is 2. The molecule has 0 radical (unpaired) electrons. The number of anilines is 1. The number of carbonyl (C=O) groups is 1. The molecule has 0 heterocycles. The van der Waals surface area contributed by atoms with Crippen LogP contribution in [0.4, 0.5) is 5.69 Å². The maximum atomic E-state index is 12.5. The molecular weight excluding hydrogens is 451 g/mol. The summed E-state index contributed by atoms with van der Waals surface area (Å²) in [7, 11) is 0. The van der Waals surface area contributed by atoms with Crippen molar-refractivity contribution in [1.82, 2.24) is 5.32 Å². The highest BCUT2D eigenvalue weighted by atomic mass is 35.5. The van der Waals surface area contributed by atoms with Crippen molar-refractivity contribution >= 4 is 63.7 Å². The summed E-state index contributed by atoms with van der Waals surface area (Å²) >= 11 is 23.3. The number of amides is 1. The minimum absolute atomic E-state index is 0.0525. The Bertz CT molecular complexity index is 1020. The van der Waals surface area contributed by atoms with Gasteiger partial charge in [-0.05, 0) is 48.1 Å². The van der Waals surface area contributed by atoms with Crippen molar-refractivity contribution in [3.63, 3.8) is 0 Å². The summed E-state index contributed by atoms with van der Waals surface area (Å²) in [4.78, 5) is 12.5. The predicted molar refractivity (Wildman–Crippen MR) is 122 cm³/mol. The lowest BCUT2D eigenvalue weighted by Gasteiger charge is -2.13. The lowest BCUT2D eigenvalue weighted by molar-refractivity contribution is 0.0977. The lowest BCUT2D eigenvalue weighted by Crippen LogP contribution is -2.34. The Morgan fingerprint density at radius 2 is 1.62 bits per heavy atom. The smallest absolute Gasteiger partial charge is 0.257 e. The van der Waals surface area contributed by atoms with E-state index in [-0.39, 0.29) is 15.2 Å². The van der Waals surface area contributed by atoms with E-state index in [9.17, 15) is 4.79 Å². The summed E-state index contributed by atoms with van der Waals surface area (Å²) in [5, 5.41) is 6.43. The number of carbonyl (C=O) groups excluding carboxylic acids is 1. The molecule has 29 heavy (non-hydrogen) atoms. The molecule has 0 bridgehead atoms. The number of thiocarbonyl (C=S) groups is 1. The van der Waals surface area contributed by atoms with E-state index in [2.05, 4.69) is 10.6 Å². The van der Waals surface area contributed by atoms with Crippen LogP contribution in [0.15, 0.2) is 66.7 Å². The maximum absolute atomic E-state index is 12.5. The van der Waals surface area contributed by atoms with E-state index in [0.717, 1.165) is 5.56 Å². The van der Waals surface area contributed by atoms with Crippen LogP contribution in [0.25, 0.3) is 0 Å². The second-order valence-electron chi connectivity index (χ2n) is 5.95. The molecule has 0 fully saturated rings. The zero-order valence-electron chi connectivity index (χ0n) is 14.9. The third kappa shape index (κ3) is 6.08. The Morgan fingerprint density at radius 3 is 2.31 bits per heavy atom. The van der Waals surface area contributed by atoms with Gasteiger partial charge < -0.3 is 10.1 Å². The van der Waals surface area contributed by atoms with E-state index in [1.807, 2.05) is 30.3 Å². The summed E-state index contributed by atoms with van der Waals surface area (Å²) in [6.07, 6.45) is 0. The molecule has 0 spiro atoms. The second-order valence-corrected chi connectivity index (χ2v) is 7.61. The van der Waals surface area contributed by atoms with Crippen molar-refractivity contribution in [3.05, 3.63) is 92.9 Å². The van der Waals surface area contributed by atoms with Crippen LogP contribution in [0.1, 0.15) is 15.9 Å². The van der Waals surface area contributed by atoms with Crippen LogP contribution in [0.3, 0.4) is 0 Å². The van der Waals surface area contributed by atoms with Gasteiger partial charge in [0.1, 0.15) is 12.4 Å². The molecule has 0 saturated carbocycles. The Hall–Kier alpha value is -2.31. The van der Waals surface area contributed by atoms with Gasteiger partial charge >= 0.3 is 0 Å². The monoisotopic (exact) mass is 464 g/mol. The molecule has 0 aliphatic rings. The number of hydrogen-bond acceptors (Lipinski definition) is 3. The van der Waals surface area contributed by atoms with Gasteiger partial charge in [-0.2, -0.15) is 0 Å². The molecule has 0 unspecified atom stereocenters. The fraction of sp³-hybridized carbons (Fsp3) is 0.0476. The van der Waals surface area contributed by atoms with Crippen molar-refractivity contribution in [2.75, 3.05) is 5.32 Å².